The fourth-order valence-electron chi connectivity index (χ4n) is 1.16. The van der Waals surface area contributed by atoms with Gasteiger partial charge in [0, 0.05) is 7.11 Å². The van der Waals surface area contributed by atoms with Crippen LogP contribution in [0.3, 0.4) is 0 Å². The van der Waals surface area contributed by atoms with Gasteiger partial charge in [-0.3, -0.25) is 0 Å². The molecule has 0 heterocycles. The van der Waals surface area contributed by atoms with Crippen molar-refractivity contribution in [3.63, 3.8) is 0 Å². The van der Waals surface area contributed by atoms with Crippen LogP contribution in [0.5, 0.6) is 5.75 Å². The SMILES string of the molecule is C=C(COc1cccc(COC)c1)[B-](F)(F)F.[K+]. The molecule has 0 aromatic heterocycles. The molecule has 7 heteroatoms. The van der Waals surface area contributed by atoms with Crippen LogP contribution in [0.15, 0.2) is 36.3 Å². The first-order chi connectivity index (χ1) is 7.93. The topological polar surface area (TPSA) is 18.5 Å². The number of benzene rings is 1. The Morgan fingerprint density at radius 1 is 1.33 bits per heavy atom. The maximum atomic E-state index is 12.2. The molecule has 1 aromatic rings. The Bertz CT molecular complexity index is 396. The normalized spacial score (nSPS) is 10.7. The maximum Gasteiger partial charge on any atom is 1.00 e. The summed E-state index contributed by atoms with van der Waals surface area (Å²) >= 11 is 0. The average molecular weight is 284 g/mol. The molecule has 0 spiro atoms. The molecule has 0 unspecified atom stereocenters. The van der Waals surface area contributed by atoms with Crippen LogP contribution >= 0.6 is 0 Å². The number of methoxy groups -OCH3 is 1. The zero-order valence-corrected chi connectivity index (χ0v) is 13.6. The van der Waals surface area contributed by atoms with Crippen LogP contribution in [-0.4, -0.2) is 20.7 Å². The van der Waals surface area contributed by atoms with E-state index in [0.29, 0.717) is 12.4 Å². The van der Waals surface area contributed by atoms with Crippen molar-refractivity contribution in [1.82, 2.24) is 0 Å². The monoisotopic (exact) mass is 284 g/mol. The van der Waals surface area contributed by atoms with Crippen LogP contribution < -0.4 is 56.1 Å². The van der Waals surface area contributed by atoms with Gasteiger partial charge in [-0.15, -0.1) is 12.1 Å². The van der Waals surface area contributed by atoms with E-state index >= 15 is 0 Å². The number of hydrogen-bond donors (Lipinski definition) is 0. The van der Waals surface area contributed by atoms with Gasteiger partial charge in [0.15, 0.2) is 0 Å². The molecule has 0 atom stereocenters. The summed E-state index contributed by atoms with van der Waals surface area (Å²) in [5, 5.41) is 0. The van der Waals surface area contributed by atoms with Crippen LogP contribution in [0.1, 0.15) is 5.56 Å². The summed E-state index contributed by atoms with van der Waals surface area (Å²) in [6.45, 7) is -2.23. The Balaban J connectivity index is 0.00000289. The van der Waals surface area contributed by atoms with Crippen LogP contribution in [0, 0.1) is 0 Å². The first kappa shape index (κ1) is 18.2. The van der Waals surface area contributed by atoms with Gasteiger partial charge in [-0.2, -0.15) is 0 Å². The molecule has 0 saturated carbocycles. The molecule has 0 aliphatic heterocycles. The molecule has 18 heavy (non-hydrogen) atoms. The Morgan fingerprint density at radius 3 is 2.56 bits per heavy atom. The summed E-state index contributed by atoms with van der Waals surface area (Å²) in [5.74, 6) is 0.376. The van der Waals surface area contributed by atoms with E-state index in [1.807, 2.05) is 0 Å². The minimum absolute atomic E-state index is 0. The second-order valence-corrected chi connectivity index (χ2v) is 3.60. The molecule has 0 saturated heterocycles. The van der Waals surface area contributed by atoms with Crippen molar-refractivity contribution in [2.24, 2.45) is 0 Å². The predicted octanol–water partition coefficient (Wildman–Crippen LogP) is 0.159. The molecule has 1 rings (SSSR count). The summed E-state index contributed by atoms with van der Waals surface area (Å²) in [6.07, 6.45) is 0. The first-order valence-electron chi connectivity index (χ1n) is 5.02. The Labute approximate surface area is 147 Å². The van der Waals surface area contributed by atoms with Crippen molar-refractivity contribution in [2.75, 3.05) is 13.7 Å². The zero-order valence-electron chi connectivity index (χ0n) is 10.5. The average Bonchev–Trinajstić information content (AvgIpc) is 2.25. The number of rotatable bonds is 6. The zero-order chi connectivity index (χ0) is 12.9. The molecule has 0 amide bonds. The van der Waals surface area contributed by atoms with E-state index in [1.54, 1.807) is 31.4 Å². The molecular formula is C11H13BF3KO2. The molecule has 0 aliphatic rings. The van der Waals surface area contributed by atoms with Crippen molar-refractivity contribution in [2.45, 2.75) is 6.61 Å². The molecule has 1 aromatic carbocycles. The Kier molecular flexibility index (Phi) is 8.49. The van der Waals surface area contributed by atoms with E-state index in [4.69, 9.17) is 9.47 Å². The van der Waals surface area contributed by atoms with Gasteiger partial charge in [0.1, 0.15) is 5.75 Å². The number of halogens is 3. The largest absolute Gasteiger partial charge is 1.00 e. The van der Waals surface area contributed by atoms with Crippen molar-refractivity contribution in [1.29, 1.82) is 0 Å². The summed E-state index contributed by atoms with van der Waals surface area (Å²) < 4.78 is 46.6. The van der Waals surface area contributed by atoms with Crippen molar-refractivity contribution in [3.05, 3.63) is 41.9 Å². The van der Waals surface area contributed by atoms with Gasteiger partial charge < -0.3 is 22.4 Å². The van der Waals surface area contributed by atoms with E-state index in [-0.39, 0.29) is 51.4 Å². The van der Waals surface area contributed by atoms with Gasteiger partial charge in [-0.25, -0.2) is 0 Å². The second kappa shape index (κ2) is 8.40. The van der Waals surface area contributed by atoms with Gasteiger partial charge in [-0.05, 0) is 17.7 Å². The van der Waals surface area contributed by atoms with Crippen LogP contribution in [0.25, 0.3) is 0 Å². The first-order valence-corrected chi connectivity index (χ1v) is 5.02. The van der Waals surface area contributed by atoms with Crippen LogP contribution in [-0.2, 0) is 11.3 Å². The third-order valence-electron chi connectivity index (χ3n) is 2.10. The van der Waals surface area contributed by atoms with Crippen molar-refractivity contribution < 1.29 is 73.8 Å². The summed E-state index contributed by atoms with van der Waals surface area (Å²) in [4.78, 5) is 0. The third-order valence-corrected chi connectivity index (χ3v) is 2.10. The quantitative estimate of drug-likeness (QED) is 0.693. The van der Waals surface area contributed by atoms with E-state index in [9.17, 15) is 12.9 Å². The number of ether oxygens (including phenoxy) is 2. The molecular weight excluding hydrogens is 271 g/mol. The molecule has 94 valence electrons. The van der Waals surface area contributed by atoms with Crippen LogP contribution in [0.2, 0.25) is 0 Å². The molecule has 2 nitrogen and oxygen atoms in total. The van der Waals surface area contributed by atoms with Gasteiger partial charge >= 0.3 is 58.4 Å². The summed E-state index contributed by atoms with van der Waals surface area (Å²) in [5.41, 5.74) is -0.00437. The Hall–Kier alpha value is 0.211. The van der Waals surface area contributed by atoms with E-state index in [0.717, 1.165) is 5.56 Å². The van der Waals surface area contributed by atoms with Crippen molar-refractivity contribution >= 4 is 6.98 Å². The third kappa shape index (κ3) is 6.40. The maximum absolute atomic E-state index is 12.2. The van der Waals surface area contributed by atoms with Gasteiger partial charge in [0.2, 0.25) is 0 Å². The second-order valence-electron chi connectivity index (χ2n) is 3.60. The Morgan fingerprint density at radius 2 is 2.00 bits per heavy atom. The molecule has 0 radical (unpaired) electrons. The fourth-order valence-corrected chi connectivity index (χ4v) is 1.16. The summed E-state index contributed by atoms with van der Waals surface area (Å²) in [6, 6.07) is 6.74. The van der Waals surface area contributed by atoms with Gasteiger partial charge in [0.05, 0.1) is 13.2 Å². The van der Waals surface area contributed by atoms with E-state index in [1.165, 1.54) is 0 Å². The van der Waals surface area contributed by atoms with Crippen LogP contribution in [0.4, 0.5) is 12.9 Å². The molecule has 0 bridgehead atoms. The molecule has 0 N–H and O–H groups in total. The molecule has 0 fully saturated rings. The predicted molar refractivity (Wildman–Crippen MR) is 60.9 cm³/mol. The van der Waals surface area contributed by atoms with Crippen molar-refractivity contribution in [3.8, 4) is 5.75 Å². The number of hydrogen-bond acceptors (Lipinski definition) is 2. The minimum atomic E-state index is -5.03. The fraction of sp³-hybridized carbons (Fsp3) is 0.273. The minimum Gasteiger partial charge on any atom is -0.492 e. The van der Waals surface area contributed by atoms with Gasteiger partial charge in [-0.1, -0.05) is 12.1 Å². The summed E-state index contributed by atoms with van der Waals surface area (Å²) in [7, 11) is 1.54. The van der Waals surface area contributed by atoms with Gasteiger partial charge in [0.25, 0.3) is 0 Å². The van der Waals surface area contributed by atoms with E-state index in [2.05, 4.69) is 6.58 Å². The smallest absolute Gasteiger partial charge is 0.492 e. The van der Waals surface area contributed by atoms with E-state index < -0.39 is 19.1 Å². The molecule has 0 aliphatic carbocycles. The standard InChI is InChI=1S/C11H13BF3O2.K/c1-9(12(13,14)15)7-17-11-5-3-4-10(6-11)8-16-2;/h3-6H,1,7-8H2,2H3;/q-1;+1.